The number of benzene rings is 2. The van der Waals surface area contributed by atoms with Gasteiger partial charge in [0.2, 0.25) is 0 Å². The largest absolute Gasteiger partial charge is 0.488 e. The Hall–Kier alpha value is -2.16. The van der Waals surface area contributed by atoms with Crippen LogP contribution in [0, 0.1) is 0 Å². The van der Waals surface area contributed by atoms with Crippen molar-refractivity contribution >= 4 is 6.08 Å². The Bertz CT molecular complexity index is 648. The number of hydrogen-bond acceptors (Lipinski definition) is 1. The molecule has 2 aromatic rings. The summed E-state index contributed by atoms with van der Waals surface area (Å²) in [6.07, 6.45) is 0.269. The highest BCUT2D eigenvalue weighted by Gasteiger charge is 2.19. The number of ether oxygens (including phenoxy) is 1. The van der Waals surface area contributed by atoms with E-state index in [9.17, 15) is 8.78 Å². The van der Waals surface area contributed by atoms with Crippen LogP contribution in [0.25, 0.3) is 6.08 Å². The molecule has 21 heavy (non-hydrogen) atoms. The molecule has 0 saturated heterocycles. The van der Waals surface area contributed by atoms with E-state index in [1.807, 2.05) is 48.5 Å². The van der Waals surface area contributed by atoms with Crippen LogP contribution in [0.3, 0.4) is 0 Å². The predicted molar refractivity (Wildman–Crippen MR) is 79.5 cm³/mol. The van der Waals surface area contributed by atoms with E-state index in [0.29, 0.717) is 25.2 Å². The summed E-state index contributed by atoms with van der Waals surface area (Å²) < 4.78 is 31.6. The van der Waals surface area contributed by atoms with Crippen LogP contribution in [0.4, 0.5) is 8.78 Å². The molecule has 0 N–H and O–H groups in total. The predicted octanol–water partition coefficient (Wildman–Crippen LogP) is 4.86. The lowest BCUT2D eigenvalue weighted by Gasteiger charge is -2.19. The smallest absolute Gasteiger partial charge is 0.260 e. The molecule has 0 atom stereocenters. The van der Waals surface area contributed by atoms with Gasteiger partial charge in [0.25, 0.3) is 6.43 Å². The molecule has 1 aliphatic carbocycles. The number of allylic oxidation sites excluding steroid dienone is 1. The molecule has 0 amide bonds. The van der Waals surface area contributed by atoms with Crippen LogP contribution in [0.5, 0.6) is 5.75 Å². The molecule has 0 fully saturated rings. The number of hydrogen-bond donors (Lipinski definition) is 0. The summed E-state index contributed by atoms with van der Waals surface area (Å²) in [5, 5.41) is 0. The van der Waals surface area contributed by atoms with Crippen LogP contribution in [-0.4, -0.2) is 6.43 Å². The summed E-state index contributed by atoms with van der Waals surface area (Å²) in [7, 11) is 0. The number of fused-ring (bicyclic) bond motifs is 1. The molecule has 0 bridgehead atoms. The summed E-state index contributed by atoms with van der Waals surface area (Å²) in [4.78, 5) is 0. The standard InChI is InChI=1S/C18H16F2O/c19-18(20)15-10-9-14-7-4-8-17(16(14)11-15)21-12-13-5-2-1-3-6-13/h1-8,11,18H,9-10,12H2. The van der Waals surface area contributed by atoms with Gasteiger partial charge in [0.1, 0.15) is 12.4 Å². The van der Waals surface area contributed by atoms with Gasteiger partial charge in [-0.2, -0.15) is 0 Å². The zero-order chi connectivity index (χ0) is 14.7. The fourth-order valence-electron chi connectivity index (χ4n) is 2.54. The Morgan fingerprint density at radius 2 is 1.76 bits per heavy atom. The zero-order valence-electron chi connectivity index (χ0n) is 11.6. The molecule has 0 unspecified atom stereocenters. The lowest BCUT2D eigenvalue weighted by molar-refractivity contribution is 0.186. The van der Waals surface area contributed by atoms with Crippen molar-refractivity contribution in [1.82, 2.24) is 0 Å². The second kappa shape index (κ2) is 6.08. The van der Waals surface area contributed by atoms with Gasteiger partial charge in [0, 0.05) is 5.56 Å². The lowest BCUT2D eigenvalue weighted by atomic mass is 9.92. The fraction of sp³-hybridized carbons (Fsp3) is 0.222. The molecular weight excluding hydrogens is 270 g/mol. The monoisotopic (exact) mass is 286 g/mol. The maximum Gasteiger partial charge on any atom is 0.260 e. The second-order valence-electron chi connectivity index (χ2n) is 5.12. The third-order valence-electron chi connectivity index (χ3n) is 3.69. The van der Waals surface area contributed by atoms with Crippen molar-refractivity contribution in [2.24, 2.45) is 0 Å². The van der Waals surface area contributed by atoms with E-state index >= 15 is 0 Å². The summed E-state index contributed by atoms with van der Waals surface area (Å²) in [6.45, 7) is 0.440. The van der Waals surface area contributed by atoms with Gasteiger partial charge < -0.3 is 4.74 Å². The van der Waals surface area contributed by atoms with E-state index in [0.717, 1.165) is 16.7 Å². The van der Waals surface area contributed by atoms with Crippen LogP contribution in [-0.2, 0) is 13.0 Å². The van der Waals surface area contributed by atoms with Crippen molar-refractivity contribution in [3.63, 3.8) is 0 Å². The number of rotatable bonds is 4. The molecule has 3 rings (SSSR count). The molecule has 1 aliphatic rings. The Morgan fingerprint density at radius 3 is 2.52 bits per heavy atom. The molecule has 0 aliphatic heterocycles. The van der Waals surface area contributed by atoms with Crippen LogP contribution in [0.1, 0.15) is 23.1 Å². The molecular formula is C18H16F2O. The van der Waals surface area contributed by atoms with Gasteiger partial charge in [0.15, 0.2) is 0 Å². The van der Waals surface area contributed by atoms with Crippen molar-refractivity contribution in [2.75, 3.05) is 0 Å². The topological polar surface area (TPSA) is 9.23 Å². The molecule has 1 nitrogen and oxygen atoms in total. The first kappa shape index (κ1) is 13.8. The molecule has 0 spiro atoms. The molecule has 0 aromatic heterocycles. The first-order chi connectivity index (χ1) is 10.2. The Morgan fingerprint density at radius 1 is 0.952 bits per heavy atom. The Kier molecular flexibility index (Phi) is 4.00. The van der Waals surface area contributed by atoms with Gasteiger partial charge in [-0.15, -0.1) is 0 Å². The minimum Gasteiger partial charge on any atom is -0.488 e. The van der Waals surface area contributed by atoms with Gasteiger partial charge in [0.05, 0.1) is 0 Å². The first-order valence-electron chi connectivity index (χ1n) is 7.01. The van der Waals surface area contributed by atoms with Crippen molar-refractivity contribution in [1.29, 1.82) is 0 Å². The van der Waals surface area contributed by atoms with Crippen molar-refractivity contribution < 1.29 is 13.5 Å². The molecule has 0 radical (unpaired) electrons. The van der Waals surface area contributed by atoms with Gasteiger partial charge in [-0.1, -0.05) is 42.5 Å². The van der Waals surface area contributed by atoms with Crippen molar-refractivity contribution in [3.05, 3.63) is 70.8 Å². The van der Waals surface area contributed by atoms with E-state index in [1.54, 1.807) is 6.08 Å². The van der Waals surface area contributed by atoms with Crippen LogP contribution in [0.15, 0.2) is 54.1 Å². The van der Waals surface area contributed by atoms with Crippen LogP contribution < -0.4 is 4.74 Å². The third kappa shape index (κ3) is 3.13. The number of alkyl halides is 2. The quantitative estimate of drug-likeness (QED) is 0.780. The summed E-state index contributed by atoms with van der Waals surface area (Å²) in [6, 6.07) is 15.6. The second-order valence-corrected chi connectivity index (χ2v) is 5.12. The van der Waals surface area contributed by atoms with Crippen LogP contribution >= 0.6 is 0 Å². The average molecular weight is 286 g/mol. The highest BCUT2D eigenvalue weighted by molar-refractivity contribution is 5.66. The maximum absolute atomic E-state index is 12.9. The molecule has 2 aromatic carbocycles. The normalized spacial score (nSPS) is 13.8. The molecule has 0 heterocycles. The van der Waals surface area contributed by atoms with Crippen LogP contribution in [0.2, 0.25) is 0 Å². The Balaban J connectivity index is 1.84. The number of aryl methyl sites for hydroxylation is 1. The maximum atomic E-state index is 12.9. The van der Waals surface area contributed by atoms with E-state index in [4.69, 9.17) is 4.74 Å². The number of halogens is 2. The van der Waals surface area contributed by atoms with Crippen molar-refractivity contribution in [3.8, 4) is 5.75 Å². The molecule has 0 saturated carbocycles. The van der Waals surface area contributed by atoms with Gasteiger partial charge in [-0.25, -0.2) is 8.78 Å². The van der Waals surface area contributed by atoms with Crippen molar-refractivity contribution in [2.45, 2.75) is 25.9 Å². The molecule has 3 heteroatoms. The minimum absolute atomic E-state index is 0.193. The average Bonchev–Trinajstić information content (AvgIpc) is 2.53. The summed E-state index contributed by atoms with van der Waals surface area (Å²) >= 11 is 0. The summed E-state index contributed by atoms with van der Waals surface area (Å²) in [5.74, 6) is 0.675. The van der Waals surface area contributed by atoms with E-state index in [1.165, 1.54) is 0 Å². The van der Waals surface area contributed by atoms with Gasteiger partial charge in [-0.05, 0) is 41.7 Å². The third-order valence-corrected chi connectivity index (χ3v) is 3.69. The van der Waals surface area contributed by atoms with Gasteiger partial charge >= 0.3 is 0 Å². The highest BCUT2D eigenvalue weighted by Crippen LogP contribution is 2.33. The Labute approximate surface area is 122 Å². The van der Waals surface area contributed by atoms with Gasteiger partial charge in [-0.3, -0.25) is 0 Å². The molecule has 108 valence electrons. The SMILES string of the molecule is FC(F)C1=Cc2c(cccc2OCc2ccccc2)CC1. The zero-order valence-corrected chi connectivity index (χ0v) is 11.6. The summed E-state index contributed by atoms with van der Waals surface area (Å²) in [5.41, 5.74) is 3.13. The lowest BCUT2D eigenvalue weighted by Crippen LogP contribution is -2.07. The van der Waals surface area contributed by atoms with E-state index in [-0.39, 0.29) is 5.57 Å². The first-order valence-corrected chi connectivity index (χ1v) is 7.01. The minimum atomic E-state index is -2.39. The highest BCUT2D eigenvalue weighted by atomic mass is 19.3. The van der Waals surface area contributed by atoms with E-state index in [2.05, 4.69) is 0 Å². The van der Waals surface area contributed by atoms with E-state index < -0.39 is 6.43 Å². The fourth-order valence-corrected chi connectivity index (χ4v) is 2.54.